The first kappa shape index (κ1) is 11.9. The van der Waals surface area contributed by atoms with Crippen LogP contribution in [-0.4, -0.2) is 62.3 Å². The van der Waals surface area contributed by atoms with E-state index in [1.165, 1.54) is 0 Å². The van der Waals surface area contributed by atoms with E-state index in [9.17, 15) is 0 Å². The van der Waals surface area contributed by atoms with Crippen LogP contribution in [0.15, 0.2) is 0 Å². The topological polar surface area (TPSA) is 9.72 Å². The molecule has 0 saturated heterocycles. The van der Waals surface area contributed by atoms with Gasteiger partial charge in [-0.1, -0.05) is 0 Å². The Morgan fingerprint density at radius 2 is 1.08 bits per heavy atom. The molecule has 3 heteroatoms. The van der Waals surface area contributed by atoms with Crippen molar-refractivity contribution in [3.63, 3.8) is 0 Å². The molecule has 0 amide bonds. The van der Waals surface area contributed by atoms with Crippen molar-refractivity contribution in [1.29, 1.82) is 0 Å². The van der Waals surface area contributed by atoms with E-state index in [0.29, 0.717) is 12.3 Å². The smallest absolute Gasteiger partial charge is 0.118 e. The molecule has 0 aromatic rings. The molecule has 0 saturated carbocycles. The third-order valence-corrected chi connectivity index (χ3v) is 2.10. The first-order valence-corrected chi connectivity index (χ1v) is 4.42. The van der Waals surface area contributed by atoms with E-state index >= 15 is 0 Å². The van der Waals surface area contributed by atoms with Crippen LogP contribution in [0.25, 0.3) is 0 Å². The van der Waals surface area contributed by atoms with Crippen molar-refractivity contribution in [2.75, 3.05) is 35.2 Å². The van der Waals surface area contributed by atoms with Crippen LogP contribution in [0.5, 0.6) is 0 Å². The van der Waals surface area contributed by atoms with Gasteiger partial charge < -0.3 is 0 Å². The van der Waals surface area contributed by atoms with Gasteiger partial charge in [-0.3, -0.25) is 14.7 Å². The Hall–Kier alpha value is -0.120. The van der Waals surface area contributed by atoms with Crippen molar-refractivity contribution >= 4 is 0 Å². The average Bonchev–Trinajstić information content (AvgIpc) is 1.85. The zero-order chi connectivity index (χ0) is 9.89. The Morgan fingerprint density at radius 1 is 0.750 bits per heavy atom. The second-order valence-electron chi connectivity index (χ2n) is 4.03. The summed E-state index contributed by atoms with van der Waals surface area (Å²) in [4.78, 5) is 6.75. The second-order valence-corrected chi connectivity index (χ2v) is 4.03. The van der Waals surface area contributed by atoms with Crippen molar-refractivity contribution < 1.29 is 0 Å². The molecule has 0 N–H and O–H groups in total. The zero-order valence-corrected chi connectivity index (χ0v) is 9.50. The number of rotatable bonds is 4. The Labute approximate surface area is 76.9 Å². The van der Waals surface area contributed by atoms with Crippen molar-refractivity contribution in [3.8, 4) is 0 Å². The van der Waals surface area contributed by atoms with Crippen LogP contribution < -0.4 is 0 Å². The van der Waals surface area contributed by atoms with Crippen molar-refractivity contribution in [2.45, 2.75) is 26.2 Å². The molecule has 0 bridgehead atoms. The SMILES string of the molecule is CC(C)N(C)C(N(C)C)N(C)C. The lowest BCUT2D eigenvalue weighted by atomic mass is 10.3. The molecule has 0 rings (SSSR count). The molecule has 0 fully saturated rings. The van der Waals surface area contributed by atoms with Gasteiger partial charge in [-0.25, -0.2) is 0 Å². The third-order valence-electron chi connectivity index (χ3n) is 2.10. The molecule has 0 spiro atoms. The summed E-state index contributed by atoms with van der Waals surface area (Å²) in [5, 5.41) is 0. The van der Waals surface area contributed by atoms with Crippen LogP contribution in [0, 0.1) is 0 Å². The van der Waals surface area contributed by atoms with E-state index in [4.69, 9.17) is 0 Å². The summed E-state index contributed by atoms with van der Waals surface area (Å²) in [5.74, 6) is 0. The first-order chi connectivity index (χ1) is 5.37. The summed E-state index contributed by atoms with van der Waals surface area (Å²) in [6.45, 7) is 4.42. The molecule has 12 heavy (non-hydrogen) atoms. The van der Waals surface area contributed by atoms with Crippen LogP contribution >= 0.6 is 0 Å². The third kappa shape index (κ3) is 3.09. The molecule has 0 aromatic carbocycles. The predicted molar refractivity (Wildman–Crippen MR) is 54.1 cm³/mol. The quantitative estimate of drug-likeness (QED) is 0.580. The fourth-order valence-corrected chi connectivity index (χ4v) is 1.46. The summed E-state index contributed by atoms with van der Waals surface area (Å²) < 4.78 is 0. The van der Waals surface area contributed by atoms with Crippen molar-refractivity contribution in [1.82, 2.24) is 14.7 Å². The second kappa shape index (κ2) is 4.80. The Balaban J connectivity index is 4.30. The van der Waals surface area contributed by atoms with Gasteiger partial charge in [-0.15, -0.1) is 0 Å². The van der Waals surface area contributed by atoms with Gasteiger partial charge >= 0.3 is 0 Å². The summed E-state index contributed by atoms with van der Waals surface area (Å²) in [5.41, 5.74) is 0. The lowest BCUT2D eigenvalue weighted by Gasteiger charge is -2.39. The fourth-order valence-electron chi connectivity index (χ4n) is 1.46. The molecule has 0 unspecified atom stereocenters. The van der Waals surface area contributed by atoms with E-state index in [1.807, 2.05) is 0 Å². The fraction of sp³-hybridized carbons (Fsp3) is 1.00. The average molecular weight is 173 g/mol. The summed E-state index contributed by atoms with van der Waals surface area (Å²) in [6, 6.07) is 0.569. The van der Waals surface area contributed by atoms with Crippen LogP contribution in [0.3, 0.4) is 0 Å². The Morgan fingerprint density at radius 3 is 1.17 bits per heavy atom. The maximum absolute atomic E-state index is 2.33. The van der Waals surface area contributed by atoms with Gasteiger partial charge in [0.1, 0.15) is 6.29 Å². The minimum atomic E-state index is 0.380. The maximum Gasteiger partial charge on any atom is 0.118 e. The van der Waals surface area contributed by atoms with Gasteiger partial charge in [0, 0.05) is 6.04 Å². The highest BCUT2D eigenvalue weighted by atomic mass is 15.5. The normalized spacial score (nSPS) is 13.0. The predicted octanol–water partition coefficient (Wildman–Crippen LogP) is 0.733. The van der Waals surface area contributed by atoms with E-state index in [2.05, 4.69) is 63.8 Å². The summed E-state index contributed by atoms with van der Waals surface area (Å²) >= 11 is 0. The van der Waals surface area contributed by atoms with Crippen LogP contribution in [0.1, 0.15) is 13.8 Å². The van der Waals surface area contributed by atoms with Crippen molar-refractivity contribution in [2.24, 2.45) is 0 Å². The summed E-state index contributed by atoms with van der Waals surface area (Å²) in [7, 11) is 10.6. The highest BCUT2D eigenvalue weighted by Crippen LogP contribution is 2.06. The van der Waals surface area contributed by atoms with Crippen molar-refractivity contribution in [3.05, 3.63) is 0 Å². The molecule has 0 heterocycles. The monoisotopic (exact) mass is 173 g/mol. The van der Waals surface area contributed by atoms with Crippen LogP contribution in [0.2, 0.25) is 0 Å². The lowest BCUT2D eigenvalue weighted by molar-refractivity contribution is -0.0231. The van der Waals surface area contributed by atoms with E-state index in [1.54, 1.807) is 0 Å². The molecular formula is C9H23N3. The molecule has 0 atom stereocenters. The first-order valence-electron chi connectivity index (χ1n) is 4.42. The van der Waals surface area contributed by atoms with E-state index in [-0.39, 0.29) is 0 Å². The van der Waals surface area contributed by atoms with Crippen LogP contribution in [-0.2, 0) is 0 Å². The molecule has 3 nitrogen and oxygen atoms in total. The van der Waals surface area contributed by atoms with Gasteiger partial charge in [-0.05, 0) is 49.1 Å². The van der Waals surface area contributed by atoms with E-state index < -0.39 is 0 Å². The standard InChI is InChI=1S/C9H23N3/c1-8(2)12(7)9(10(3)4)11(5)6/h8-9H,1-7H3. The minimum absolute atomic E-state index is 0.380. The molecule has 0 radical (unpaired) electrons. The zero-order valence-electron chi connectivity index (χ0n) is 9.50. The molecule has 0 aliphatic rings. The largest absolute Gasteiger partial charge is 0.282 e. The minimum Gasteiger partial charge on any atom is -0.282 e. The Kier molecular flexibility index (Phi) is 4.75. The van der Waals surface area contributed by atoms with Gasteiger partial charge in [0.25, 0.3) is 0 Å². The number of hydrogen-bond acceptors (Lipinski definition) is 3. The molecule has 0 aromatic heterocycles. The Bertz CT molecular complexity index is 113. The molecule has 0 aliphatic carbocycles. The van der Waals surface area contributed by atoms with Gasteiger partial charge in [0.2, 0.25) is 0 Å². The highest BCUT2D eigenvalue weighted by molar-refractivity contribution is 4.66. The van der Waals surface area contributed by atoms with Crippen LogP contribution in [0.4, 0.5) is 0 Å². The van der Waals surface area contributed by atoms with Gasteiger partial charge in [0.15, 0.2) is 0 Å². The number of hydrogen-bond donors (Lipinski definition) is 0. The molecule has 74 valence electrons. The van der Waals surface area contributed by atoms with Gasteiger partial charge in [0.05, 0.1) is 0 Å². The molecular weight excluding hydrogens is 150 g/mol. The maximum atomic E-state index is 2.33. The van der Waals surface area contributed by atoms with E-state index in [0.717, 1.165) is 0 Å². The summed E-state index contributed by atoms with van der Waals surface area (Å²) in [6.07, 6.45) is 0.380. The highest BCUT2D eigenvalue weighted by Gasteiger charge is 2.20. The van der Waals surface area contributed by atoms with Gasteiger partial charge in [-0.2, -0.15) is 0 Å². The lowest BCUT2D eigenvalue weighted by Crippen LogP contribution is -2.54. The molecule has 0 aliphatic heterocycles. The number of nitrogens with zero attached hydrogens (tertiary/aromatic N) is 3.